The summed E-state index contributed by atoms with van der Waals surface area (Å²) >= 11 is 0. The number of rotatable bonds is 4. The first kappa shape index (κ1) is 13.0. The molecule has 0 atom stereocenters. The number of tetrazole rings is 1. The van der Waals surface area contributed by atoms with Gasteiger partial charge < -0.3 is 10.1 Å². The second kappa shape index (κ2) is 5.59. The maximum atomic E-state index is 5.95. The summed E-state index contributed by atoms with van der Waals surface area (Å²) in [6.45, 7) is 0. The van der Waals surface area contributed by atoms with Gasteiger partial charge in [0.2, 0.25) is 0 Å². The molecule has 0 radical (unpaired) electrons. The first-order valence-corrected chi connectivity index (χ1v) is 7.46. The van der Waals surface area contributed by atoms with Gasteiger partial charge in [0.25, 0.3) is 0 Å². The zero-order valence-corrected chi connectivity index (χ0v) is 12.0. The molecule has 1 aliphatic carbocycles. The van der Waals surface area contributed by atoms with Gasteiger partial charge in [0.1, 0.15) is 5.75 Å². The third-order valence-electron chi connectivity index (χ3n) is 3.80. The van der Waals surface area contributed by atoms with Crippen molar-refractivity contribution in [2.45, 2.75) is 31.8 Å². The number of benzene rings is 1. The summed E-state index contributed by atoms with van der Waals surface area (Å²) in [4.78, 5) is 0. The van der Waals surface area contributed by atoms with Gasteiger partial charge in [-0.2, -0.15) is 0 Å². The summed E-state index contributed by atoms with van der Waals surface area (Å²) in [7, 11) is 0. The molecule has 7 nitrogen and oxygen atoms in total. The average molecular weight is 296 g/mol. The third kappa shape index (κ3) is 2.69. The highest BCUT2D eigenvalue weighted by molar-refractivity contribution is 5.57. The number of hydrogen-bond donors (Lipinski definition) is 1. The van der Waals surface area contributed by atoms with Gasteiger partial charge in [-0.25, -0.2) is 0 Å². The Balaban J connectivity index is 1.45. The van der Waals surface area contributed by atoms with Crippen molar-refractivity contribution < 1.29 is 4.74 Å². The molecule has 112 valence electrons. The summed E-state index contributed by atoms with van der Waals surface area (Å²) in [6, 6.07) is 11.6. The van der Waals surface area contributed by atoms with Crippen LogP contribution in [0, 0.1) is 0 Å². The molecule has 0 unspecified atom stereocenters. The standard InChI is InChI=1S/C15H16N6O/c1-2-4-12(3-1)22-13-7-5-11(6-8-13)16-14-9-10-15-17-19-20-21(15)18-14/h5-10,12H,1-4H2,(H,16,18). The molecule has 1 aliphatic rings. The van der Waals surface area contributed by atoms with E-state index < -0.39 is 0 Å². The zero-order valence-electron chi connectivity index (χ0n) is 12.0. The van der Waals surface area contributed by atoms with E-state index in [9.17, 15) is 0 Å². The highest BCUT2D eigenvalue weighted by atomic mass is 16.5. The van der Waals surface area contributed by atoms with Gasteiger partial charge in [-0.05, 0) is 72.5 Å². The van der Waals surface area contributed by atoms with E-state index in [4.69, 9.17) is 4.74 Å². The number of fused-ring (bicyclic) bond motifs is 1. The number of hydrogen-bond acceptors (Lipinski definition) is 6. The molecule has 3 aromatic rings. The van der Waals surface area contributed by atoms with Crippen molar-refractivity contribution in [3.8, 4) is 5.75 Å². The Morgan fingerprint density at radius 3 is 2.68 bits per heavy atom. The largest absolute Gasteiger partial charge is 0.490 e. The molecule has 1 saturated carbocycles. The molecule has 0 bridgehead atoms. The lowest BCUT2D eigenvalue weighted by Crippen LogP contribution is -2.10. The number of nitrogens with zero attached hydrogens (tertiary/aromatic N) is 5. The van der Waals surface area contributed by atoms with Crippen LogP contribution in [0.1, 0.15) is 25.7 Å². The average Bonchev–Trinajstić information content (AvgIpc) is 3.20. The van der Waals surface area contributed by atoms with Gasteiger partial charge in [0, 0.05) is 5.69 Å². The van der Waals surface area contributed by atoms with Crippen molar-refractivity contribution >= 4 is 17.2 Å². The Hall–Kier alpha value is -2.70. The van der Waals surface area contributed by atoms with E-state index in [0.717, 1.165) is 24.3 Å². The lowest BCUT2D eigenvalue weighted by Gasteiger charge is -2.13. The predicted molar refractivity (Wildman–Crippen MR) is 81.2 cm³/mol. The van der Waals surface area contributed by atoms with Crippen molar-refractivity contribution in [1.29, 1.82) is 0 Å². The molecule has 0 aliphatic heterocycles. The molecule has 0 saturated heterocycles. The molecular weight excluding hydrogens is 280 g/mol. The summed E-state index contributed by atoms with van der Waals surface area (Å²) in [5, 5.41) is 18.7. The SMILES string of the molecule is c1cc(OC2CCCC2)ccc1Nc1ccc2nnnn2n1. The molecule has 1 N–H and O–H groups in total. The van der Waals surface area contributed by atoms with Crippen molar-refractivity contribution in [3.63, 3.8) is 0 Å². The minimum Gasteiger partial charge on any atom is -0.490 e. The summed E-state index contributed by atoms with van der Waals surface area (Å²) in [6.07, 6.45) is 5.25. The summed E-state index contributed by atoms with van der Waals surface area (Å²) in [5.41, 5.74) is 1.56. The van der Waals surface area contributed by atoms with Crippen molar-refractivity contribution in [2.24, 2.45) is 0 Å². The van der Waals surface area contributed by atoms with Gasteiger partial charge in [-0.1, -0.05) is 0 Å². The Labute approximate surface area is 127 Å². The fraction of sp³-hybridized carbons (Fsp3) is 0.333. The van der Waals surface area contributed by atoms with E-state index in [1.165, 1.54) is 17.5 Å². The van der Waals surface area contributed by atoms with E-state index in [-0.39, 0.29) is 0 Å². The molecule has 2 heterocycles. The second-order valence-corrected chi connectivity index (χ2v) is 5.42. The van der Waals surface area contributed by atoms with E-state index in [0.29, 0.717) is 17.6 Å². The molecular formula is C15H16N6O. The quantitative estimate of drug-likeness (QED) is 0.797. The fourth-order valence-corrected chi connectivity index (χ4v) is 2.68. The summed E-state index contributed by atoms with van der Waals surface area (Å²) < 4.78 is 7.34. The fourth-order valence-electron chi connectivity index (χ4n) is 2.68. The highest BCUT2D eigenvalue weighted by Crippen LogP contribution is 2.25. The molecule has 0 spiro atoms. The minimum absolute atomic E-state index is 0.377. The van der Waals surface area contributed by atoms with Crippen LogP contribution in [0.3, 0.4) is 0 Å². The van der Waals surface area contributed by atoms with E-state index in [1.807, 2.05) is 36.4 Å². The third-order valence-corrected chi connectivity index (χ3v) is 3.80. The number of nitrogens with one attached hydrogen (secondary N) is 1. The first-order chi connectivity index (χ1) is 10.9. The Morgan fingerprint density at radius 1 is 1.05 bits per heavy atom. The maximum Gasteiger partial charge on any atom is 0.200 e. The number of ether oxygens (including phenoxy) is 1. The van der Waals surface area contributed by atoms with Gasteiger partial charge in [-0.15, -0.1) is 14.8 Å². The molecule has 7 heteroatoms. The lowest BCUT2D eigenvalue weighted by molar-refractivity contribution is 0.210. The van der Waals surface area contributed by atoms with Crippen LogP contribution in [0.2, 0.25) is 0 Å². The van der Waals surface area contributed by atoms with Crippen LogP contribution in [0.15, 0.2) is 36.4 Å². The molecule has 0 amide bonds. The number of anilines is 2. The van der Waals surface area contributed by atoms with Crippen molar-refractivity contribution in [2.75, 3.05) is 5.32 Å². The molecule has 2 aromatic heterocycles. The van der Waals surface area contributed by atoms with Crippen LogP contribution in [-0.2, 0) is 0 Å². The predicted octanol–water partition coefficient (Wildman–Crippen LogP) is 2.58. The van der Waals surface area contributed by atoms with Crippen LogP contribution in [0.4, 0.5) is 11.5 Å². The molecule has 1 aromatic carbocycles. The van der Waals surface area contributed by atoms with E-state index >= 15 is 0 Å². The van der Waals surface area contributed by atoms with Crippen LogP contribution in [-0.4, -0.2) is 31.4 Å². The smallest absolute Gasteiger partial charge is 0.200 e. The molecule has 22 heavy (non-hydrogen) atoms. The van der Waals surface area contributed by atoms with Crippen LogP contribution >= 0.6 is 0 Å². The van der Waals surface area contributed by atoms with Crippen LogP contribution < -0.4 is 10.1 Å². The Kier molecular flexibility index (Phi) is 3.30. The van der Waals surface area contributed by atoms with Crippen molar-refractivity contribution in [1.82, 2.24) is 25.3 Å². The monoisotopic (exact) mass is 296 g/mol. The van der Waals surface area contributed by atoms with Gasteiger partial charge in [-0.3, -0.25) is 0 Å². The van der Waals surface area contributed by atoms with E-state index in [1.54, 1.807) is 0 Å². The second-order valence-electron chi connectivity index (χ2n) is 5.42. The number of aromatic nitrogens is 5. The Bertz CT molecular complexity index is 763. The van der Waals surface area contributed by atoms with Gasteiger partial charge in [0.15, 0.2) is 11.5 Å². The highest BCUT2D eigenvalue weighted by Gasteiger charge is 2.16. The van der Waals surface area contributed by atoms with Gasteiger partial charge in [0.05, 0.1) is 6.10 Å². The Morgan fingerprint density at radius 2 is 1.86 bits per heavy atom. The molecule has 1 fully saturated rings. The zero-order chi connectivity index (χ0) is 14.8. The first-order valence-electron chi connectivity index (χ1n) is 7.46. The lowest BCUT2D eigenvalue weighted by atomic mass is 10.2. The normalized spacial score (nSPS) is 15.3. The van der Waals surface area contributed by atoms with E-state index in [2.05, 4.69) is 25.9 Å². The molecule has 4 rings (SSSR count). The summed E-state index contributed by atoms with van der Waals surface area (Å²) in [5.74, 6) is 1.60. The van der Waals surface area contributed by atoms with Gasteiger partial charge >= 0.3 is 0 Å². The minimum atomic E-state index is 0.377. The van der Waals surface area contributed by atoms with Crippen LogP contribution in [0.5, 0.6) is 5.75 Å². The van der Waals surface area contributed by atoms with Crippen molar-refractivity contribution in [3.05, 3.63) is 36.4 Å². The maximum absolute atomic E-state index is 5.95. The van der Waals surface area contributed by atoms with Crippen LogP contribution in [0.25, 0.3) is 5.65 Å². The topological polar surface area (TPSA) is 77.2 Å².